The molecule has 0 aliphatic rings. The summed E-state index contributed by atoms with van der Waals surface area (Å²) in [6.07, 6.45) is -1.36. The second kappa shape index (κ2) is 8.70. The maximum atomic E-state index is 10.6. The molecule has 118 valence electrons. The molecule has 0 aromatic carbocycles. The Morgan fingerprint density at radius 3 is 2.43 bits per heavy atom. The largest absolute Gasteiger partial charge is 0.396 e. The van der Waals surface area contributed by atoms with Crippen molar-refractivity contribution in [1.29, 1.82) is 0 Å². The molecule has 1 rings (SSSR count). The smallest absolute Gasteiger partial charge is 0.126 e. The zero-order chi connectivity index (χ0) is 15.8. The Labute approximate surface area is 120 Å². The molecule has 1 aromatic heterocycles. The first-order valence-corrected chi connectivity index (χ1v) is 6.42. The molecule has 1 heterocycles. The lowest BCUT2D eigenvalue weighted by Crippen LogP contribution is -2.31. The van der Waals surface area contributed by atoms with Crippen molar-refractivity contribution >= 4 is 0 Å². The third-order valence-electron chi connectivity index (χ3n) is 2.98. The Balaban J connectivity index is 2.82. The standard InChI is InChI=1S/C12H19N3O6/c16-2-1-8(15-21)12(20)9-5-13-4-7(14-9)3-10(18)11(19)6-17/h4-5,8,10-12,16-20H,1-3,6H2/t8-,10-,11-,12+/m1/s1. The van der Waals surface area contributed by atoms with Crippen molar-refractivity contribution in [2.75, 3.05) is 13.2 Å². The van der Waals surface area contributed by atoms with E-state index in [0.29, 0.717) is 0 Å². The SMILES string of the molecule is O=N[C@H](CCO)[C@H](O)c1cncc(C[C@@H](O)[C@H](O)CO)n1. The number of hydrogen-bond donors (Lipinski definition) is 5. The molecule has 0 unspecified atom stereocenters. The van der Waals surface area contributed by atoms with Gasteiger partial charge in [-0.25, -0.2) is 0 Å². The van der Waals surface area contributed by atoms with Crippen LogP contribution in [0.2, 0.25) is 0 Å². The van der Waals surface area contributed by atoms with Gasteiger partial charge in [0.25, 0.3) is 0 Å². The minimum Gasteiger partial charge on any atom is -0.396 e. The van der Waals surface area contributed by atoms with E-state index in [4.69, 9.17) is 10.2 Å². The Morgan fingerprint density at radius 1 is 1.14 bits per heavy atom. The zero-order valence-corrected chi connectivity index (χ0v) is 11.3. The molecule has 0 aliphatic carbocycles. The molecule has 0 saturated heterocycles. The fourth-order valence-electron chi connectivity index (χ4n) is 1.73. The Kier molecular flexibility index (Phi) is 7.26. The van der Waals surface area contributed by atoms with Crippen LogP contribution in [0, 0.1) is 4.91 Å². The minimum absolute atomic E-state index is 0.0115. The number of hydrogen-bond acceptors (Lipinski definition) is 9. The lowest BCUT2D eigenvalue weighted by Gasteiger charge is -2.17. The summed E-state index contributed by atoms with van der Waals surface area (Å²) in [4.78, 5) is 18.5. The monoisotopic (exact) mass is 301 g/mol. The lowest BCUT2D eigenvalue weighted by atomic mass is 10.1. The molecule has 9 heteroatoms. The van der Waals surface area contributed by atoms with Crippen LogP contribution in [0.15, 0.2) is 17.6 Å². The van der Waals surface area contributed by atoms with Gasteiger partial charge in [0, 0.05) is 19.2 Å². The van der Waals surface area contributed by atoms with Gasteiger partial charge in [-0.05, 0) is 6.42 Å². The molecule has 21 heavy (non-hydrogen) atoms. The van der Waals surface area contributed by atoms with E-state index in [1.807, 2.05) is 0 Å². The maximum absolute atomic E-state index is 10.6. The molecule has 0 fully saturated rings. The van der Waals surface area contributed by atoms with Crippen LogP contribution in [0.1, 0.15) is 23.9 Å². The molecule has 9 nitrogen and oxygen atoms in total. The lowest BCUT2D eigenvalue weighted by molar-refractivity contribution is -0.0137. The number of nitrogens with zero attached hydrogens (tertiary/aromatic N) is 3. The minimum atomic E-state index is -1.32. The van der Waals surface area contributed by atoms with E-state index in [-0.39, 0.29) is 30.8 Å². The molecule has 0 amide bonds. The van der Waals surface area contributed by atoms with E-state index in [1.54, 1.807) is 0 Å². The molecule has 0 saturated carbocycles. The highest BCUT2D eigenvalue weighted by molar-refractivity contribution is 5.09. The first-order valence-electron chi connectivity index (χ1n) is 6.42. The highest BCUT2D eigenvalue weighted by Crippen LogP contribution is 2.19. The fourth-order valence-corrected chi connectivity index (χ4v) is 1.73. The predicted octanol–water partition coefficient (Wildman–Crippen LogP) is -1.72. The second-order valence-corrected chi connectivity index (χ2v) is 4.59. The van der Waals surface area contributed by atoms with Crippen molar-refractivity contribution in [3.05, 3.63) is 28.7 Å². The second-order valence-electron chi connectivity index (χ2n) is 4.59. The van der Waals surface area contributed by atoms with E-state index in [9.17, 15) is 20.2 Å². The van der Waals surface area contributed by atoms with E-state index in [2.05, 4.69) is 15.1 Å². The number of aromatic nitrogens is 2. The first-order chi connectivity index (χ1) is 10.0. The molecule has 0 aliphatic heterocycles. The Hall–Kier alpha value is -1.52. The normalized spacial score (nSPS) is 17.0. The third kappa shape index (κ3) is 5.06. The Bertz CT molecular complexity index is 447. The summed E-state index contributed by atoms with van der Waals surface area (Å²) in [6, 6.07) is -1.05. The Morgan fingerprint density at radius 2 is 1.86 bits per heavy atom. The zero-order valence-electron chi connectivity index (χ0n) is 11.3. The summed E-state index contributed by atoms with van der Waals surface area (Å²) >= 11 is 0. The van der Waals surface area contributed by atoms with Gasteiger partial charge in [-0.15, -0.1) is 0 Å². The van der Waals surface area contributed by atoms with Crippen molar-refractivity contribution in [2.45, 2.75) is 37.2 Å². The molecule has 0 bridgehead atoms. The van der Waals surface area contributed by atoms with Gasteiger partial charge in [-0.2, -0.15) is 4.91 Å². The van der Waals surface area contributed by atoms with Gasteiger partial charge in [0.2, 0.25) is 0 Å². The number of aliphatic hydroxyl groups excluding tert-OH is 5. The first kappa shape index (κ1) is 17.5. The van der Waals surface area contributed by atoms with Gasteiger partial charge < -0.3 is 25.5 Å². The molecule has 4 atom stereocenters. The van der Waals surface area contributed by atoms with Gasteiger partial charge >= 0.3 is 0 Å². The van der Waals surface area contributed by atoms with Gasteiger partial charge in [0.1, 0.15) is 18.2 Å². The van der Waals surface area contributed by atoms with Gasteiger partial charge in [0.05, 0.1) is 30.3 Å². The van der Waals surface area contributed by atoms with Crippen molar-refractivity contribution in [3.63, 3.8) is 0 Å². The van der Waals surface area contributed by atoms with Gasteiger partial charge in [-0.1, -0.05) is 5.18 Å². The van der Waals surface area contributed by atoms with Gasteiger partial charge in [0.15, 0.2) is 0 Å². The summed E-state index contributed by atoms with van der Waals surface area (Å²) in [5, 5.41) is 49.1. The topological polar surface area (TPSA) is 156 Å². The van der Waals surface area contributed by atoms with Crippen molar-refractivity contribution < 1.29 is 25.5 Å². The highest BCUT2D eigenvalue weighted by Gasteiger charge is 2.24. The van der Waals surface area contributed by atoms with Crippen LogP contribution in [0.25, 0.3) is 0 Å². The highest BCUT2D eigenvalue weighted by atomic mass is 16.4. The van der Waals surface area contributed by atoms with Crippen LogP contribution < -0.4 is 0 Å². The molecule has 0 radical (unpaired) electrons. The summed E-state index contributed by atoms with van der Waals surface area (Å²) in [5.41, 5.74) is 0.358. The van der Waals surface area contributed by atoms with E-state index in [0.717, 1.165) is 0 Å². The average Bonchev–Trinajstić information content (AvgIpc) is 2.51. The van der Waals surface area contributed by atoms with Crippen molar-refractivity contribution in [1.82, 2.24) is 9.97 Å². The maximum Gasteiger partial charge on any atom is 0.126 e. The summed E-state index contributed by atoms with van der Waals surface area (Å²) in [6.45, 7) is -0.896. The molecular weight excluding hydrogens is 282 g/mol. The van der Waals surface area contributed by atoms with E-state index in [1.165, 1.54) is 12.4 Å². The number of nitroso groups, excluding NO2 is 1. The number of rotatable bonds is 9. The summed E-state index contributed by atoms with van der Waals surface area (Å²) < 4.78 is 0. The van der Waals surface area contributed by atoms with Crippen LogP contribution in [0.5, 0.6) is 0 Å². The summed E-state index contributed by atoms with van der Waals surface area (Å²) in [7, 11) is 0. The fraction of sp³-hybridized carbons (Fsp3) is 0.667. The van der Waals surface area contributed by atoms with Crippen LogP contribution >= 0.6 is 0 Å². The molecular formula is C12H19N3O6. The quantitative estimate of drug-likeness (QED) is 0.337. The van der Waals surface area contributed by atoms with Crippen molar-refractivity contribution in [2.24, 2.45) is 5.18 Å². The third-order valence-corrected chi connectivity index (χ3v) is 2.98. The average molecular weight is 301 g/mol. The van der Waals surface area contributed by atoms with Crippen molar-refractivity contribution in [3.8, 4) is 0 Å². The van der Waals surface area contributed by atoms with Crippen LogP contribution in [0.3, 0.4) is 0 Å². The van der Waals surface area contributed by atoms with E-state index < -0.39 is 31.0 Å². The molecule has 0 spiro atoms. The van der Waals surface area contributed by atoms with Gasteiger partial charge in [-0.3, -0.25) is 9.97 Å². The van der Waals surface area contributed by atoms with E-state index >= 15 is 0 Å². The van der Waals surface area contributed by atoms with Crippen LogP contribution in [-0.4, -0.2) is 67.0 Å². The van der Waals surface area contributed by atoms with Crippen LogP contribution in [-0.2, 0) is 6.42 Å². The predicted molar refractivity (Wildman–Crippen MR) is 71.1 cm³/mol. The number of aliphatic hydroxyl groups is 5. The molecule has 1 aromatic rings. The summed E-state index contributed by atoms with van der Waals surface area (Å²) in [5.74, 6) is 0. The molecule has 5 N–H and O–H groups in total. The van der Waals surface area contributed by atoms with Crippen LogP contribution in [0.4, 0.5) is 0 Å².